The fraction of sp³-hybridized carbons (Fsp3) is 0.455. The molecule has 1 unspecified atom stereocenters. The van der Waals surface area contributed by atoms with Crippen molar-refractivity contribution in [3.63, 3.8) is 0 Å². The Morgan fingerprint density at radius 2 is 2.12 bits per heavy atom. The molecule has 0 radical (unpaired) electrons. The third kappa shape index (κ3) is 3.52. The van der Waals surface area contributed by atoms with Gasteiger partial charge in [0.15, 0.2) is 0 Å². The lowest BCUT2D eigenvalue weighted by molar-refractivity contribution is 0.130. The van der Waals surface area contributed by atoms with Crippen LogP contribution in [0.25, 0.3) is 0 Å². The lowest BCUT2D eigenvalue weighted by atomic mass is 10.2. The average Bonchev–Trinajstić information content (AvgIpc) is 2.22. The van der Waals surface area contributed by atoms with Gasteiger partial charge in [0.05, 0.1) is 18.3 Å². The van der Waals surface area contributed by atoms with Gasteiger partial charge < -0.3 is 10.1 Å². The van der Waals surface area contributed by atoms with Crippen LogP contribution in [0, 0.1) is 0 Å². The molecular weight excluding hydrogens is 236 g/mol. The van der Waals surface area contributed by atoms with Crippen molar-refractivity contribution in [3.8, 4) is 5.75 Å². The fourth-order valence-electron chi connectivity index (χ4n) is 1.20. The maximum absolute atomic E-state index is 12.4. The summed E-state index contributed by atoms with van der Waals surface area (Å²) in [5.74, 6) is 0.527. The molecule has 90 valence electrons. The van der Waals surface area contributed by atoms with E-state index in [1.54, 1.807) is 18.2 Å². The number of hydrogen-bond acceptors (Lipinski definition) is 2. The summed E-state index contributed by atoms with van der Waals surface area (Å²) in [7, 11) is 0. The van der Waals surface area contributed by atoms with Crippen LogP contribution in [0.1, 0.15) is 13.8 Å². The number of rotatable bonds is 5. The summed E-state index contributed by atoms with van der Waals surface area (Å²) in [6.45, 7) is 3.70. The molecular formula is C11H14ClF2NO. The summed E-state index contributed by atoms with van der Waals surface area (Å²) >= 11 is 5.80. The van der Waals surface area contributed by atoms with Gasteiger partial charge in [-0.05, 0) is 32.0 Å². The molecule has 1 aromatic rings. The van der Waals surface area contributed by atoms with Gasteiger partial charge in [-0.1, -0.05) is 11.6 Å². The van der Waals surface area contributed by atoms with E-state index in [0.29, 0.717) is 23.1 Å². The Morgan fingerprint density at radius 3 is 2.69 bits per heavy atom. The van der Waals surface area contributed by atoms with E-state index in [1.807, 2.05) is 6.92 Å². The van der Waals surface area contributed by atoms with Crippen molar-refractivity contribution in [2.75, 3.05) is 11.9 Å². The SMILES string of the molecule is CCOc1ccc(Cl)cc1NC(C)C(F)F. The predicted molar refractivity (Wildman–Crippen MR) is 61.7 cm³/mol. The lowest BCUT2D eigenvalue weighted by Gasteiger charge is -2.17. The van der Waals surface area contributed by atoms with Gasteiger partial charge in [0.1, 0.15) is 5.75 Å². The van der Waals surface area contributed by atoms with Crippen LogP contribution in [-0.4, -0.2) is 19.1 Å². The molecule has 0 saturated heterocycles. The molecule has 0 aliphatic rings. The van der Waals surface area contributed by atoms with E-state index in [1.165, 1.54) is 6.92 Å². The van der Waals surface area contributed by atoms with E-state index in [-0.39, 0.29) is 0 Å². The first-order chi connectivity index (χ1) is 7.54. The number of halogens is 3. The molecule has 1 atom stereocenters. The van der Waals surface area contributed by atoms with Crippen LogP contribution >= 0.6 is 11.6 Å². The van der Waals surface area contributed by atoms with Gasteiger partial charge in [0.25, 0.3) is 6.43 Å². The molecule has 2 nitrogen and oxygen atoms in total. The topological polar surface area (TPSA) is 21.3 Å². The van der Waals surface area contributed by atoms with E-state index < -0.39 is 12.5 Å². The molecule has 0 amide bonds. The molecule has 0 aliphatic heterocycles. The second-order valence-corrected chi connectivity index (χ2v) is 3.78. The van der Waals surface area contributed by atoms with E-state index in [4.69, 9.17) is 16.3 Å². The monoisotopic (exact) mass is 249 g/mol. The van der Waals surface area contributed by atoms with Crippen molar-refractivity contribution in [3.05, 3.63) is 23.2 Å². The van der Waals surface area contributed by atoms with Crippen LogP contribution in [0.3, 0.4) is 0 Å². The van der Waals surface area contributed by atoms with Crippen LogP contribution in [0.2, 0.25) is 5.02 Å². The van der Waals surface area contributed by atoms with Crippen molar-refractivity contribution in [1.82, 2.24) is 0 Å². The van der Waals surface area contributed by atoms with E-state index in [9.17, 15) is 8.78 Å². The molecule has 5 heteroatoms. The van der Waals surface area contributed by atoms with Crippen LogP contribution in [0.4, 0.5) is 14.5 Å². The molecule has 0 aliphatic carbocycles. The minimum absolute atomic E-state index is 0.472. The maximum atomic E-state index is 12.4. The standard InChI is InChI=1S/C11H14ClF2NO/c1-3-16-10-5-4-8(12)6-9(10)15-7(2)11(13)14/h4-7,11,15H,3H2,1-2H3. The summed E-state index contributed by atoms with van der Waals surface area (Å²) < 4.78 is 30.1. The minimum atomic E-state index is -2.44. The number of alkyl halides is 2. The van der Waals surface area contributed by atoms with E-state index >= 15 is 0 Å². The Morgan fingerprint density at radius 1 is 1.44 bits per heavy atom. The molecule has 0 bridgehead atoms. The summed E-state index contributed by atoms with van der Waals surface area (Å²) in [5, 5.41) is 3.16. The predicted octanol–water partition coefficient (Wildman–Crippen LogP) is 3.80. The summed E-state index contributed by atoms with van der Waals surface area (Å²) in [5.41, 5.74) is 0.488. The maximum Gasteiger partial charge on any atom is 0.258 e. The number of benzene rings is 1. The Labute approximate surface area is 98.6 Å². The zero-order valence-electron chi connectivity index (χ0n) is 9.14. The highest BCUT2D eigenvalue weighted by atomic mass is 35.5. The van der Waals surface area contributed by atoms with E-state index in [2.05, 4.69) is 5.32 Å². The Hall–Kier alpha value is -1.03. The molecule has 0 saturated carbocycles. The van der Waals surface area contributed by atoms with Gasteiger partial charge in [-0.3, -0.25) is 0 Å². The van der Waals surface area contributed by atoms with Crippen molar-refractivity contribution < 1.29 is 13.5 Å². The Bertz CT molecular complexity index is 347. The van der Waals surface area contributed by atoms with Crippen LogP contribution in [-0.2, 0) is 0 Å². The van der Waals surface area contributed by atoms with Gasteiger partial charge in [-0.15, -0.1) is 0 Å². The quantitative estimate of drug-likeness (QED) is 0.857. The van der Waals surface area contributed by atoms with Gasteiger partial charge >= 0.3 is 0 Å². The van der Waals surface area contributed by atoms with Crippen molar-refractivity contribution >= 4 is 17.3 Å². The third-order valence-electron chi connectivity index (χ3n) is 2.00. The van der Waals surface area contributed by atoms with Crippen LogP contribution in [0.5, 0.6) is 5.75 Å². The first-order valence-electron chi connectivity index (χ1n) is 5.01. The Balaban J connectivity index is 2.87. The molecule has 0 heterocycles. The molecule has 1 N–H and O–H groups in total. The zero-order chi connectivity index (χ0) is 12.1. The molecule has 0 fully saturated rings. The largest absolute Gasteiger partial charge is 0.492 e. The second kappa shape index (κ2) is 5.89. The number of anilines is 1. The molecule has 0 spiro atoms. The highest BCUT2D eigenvalue weighted by Gasteiger charge is 2.16. The van der Waals surface area contributed by atoms with Crippen molar-refractivity contribution in [2.45, 2.75) is 26.3 Å². The average molecular weight is 250 g/mol. The third-order valence-corrected chi connectivity index (χ3v) is 2.24. The Kier molecular flexibility index (Phi) is 4.80. The second-order valence-electron chi connectivity index (χ2n) is 3.34. The van der Waals surface area contributed by atoms with Gasteiger partial charge in [-0.2, -0.15) is 0 Å². The lowest BCUT2D eigenvalue weighted by Crippen LogP contribution is -2.24. The smallest absolute Gasteiger partial charge is 0.258 e. The minimum Gasteiger partial charge on any atom is -0.492 e. The molecule has 1 aromatic carbocycles. The van der Waals surface area contributed by atoms with Crippen LogP contribution in [0.15, 0.2) is 18.2 Å². The highest BCUT2D eigenvalue weighted by molar-refractivity contribution is 6.30. The molecule has 1 rings (SSSR count). The van der Waals surface area contributed by atoms with Crippen molar-refractivity contribution in [1.29, 1.82) is 0 Å². The van der Waals surface area contributed by atoms with Gasteiger partial charge in [0.2, 0.25) is 0 Å². The normalized spacial score (nSPS) is 12.6. The first-order valence-corrected chi connectivity index (χ1v) is 5.39. The number of nitrogens with one attached hydrogen (secondary N) is 1. The highest BCUT2D eigenvalue weighted by Crippen LogP contribution is 2.29. The summed E-state index contributed by atoms with van der Waals surface area (Å²) in [6.07, 6.45) is -2.44. The van der Waals surface area contributed by atoms with Crippen LogP contribution < -0.4 is 10.1 Å². The van der Waals surface area contributed by atoms with Crippen molar-refractivity contribution in [2.24, 2.45) is 0 Å². The fourth-order valence-corrected chi connectivity index (χ4v) is 1.38. The van der Waals surface area contributed by atoms with E-state index in [0.717, 1.165) is 0 Å². The zero-order valence-corrected chi connectivity index (χ0v) is 9.89. The number of ether oxygens (including phenoxy) is 1. The molecule has 0 aromatic heterocycles. The first kappa shape index (κ1) is 13.0. The van der Waals surface area contributed by atoms with Gasteiger partial charge in [-0.25, -0.2) is 8.78 Å². The number of hydrogen-bond donors (Lipinski definition) is 1. The molecule has 16 heavy (non-hydrogen) atoms. The van der Waals surface area contributed by atoms with Gasteiger partial charge in [0, 0.05) is 5.02 Å². The summed E-state index contributed by atoms with van der Waals surface area (Å²) in [4.78, 5) is 0. The summed E-state index contributed by atoms with van der Waals surface area (Å²) in [6, 6.07) is 3.94.